The predicted octanol–water partition coefficient (Wildman–Crippen LogP) is 3.49. The number of carbonyl (C=O) groups excluding carboxylic acids is 5. The summed E-state index contributed by atoms with van der Waals surface area (Å²) in [5.74, 6) is -2.73. The molecule has 5 rings (SSSR count). The standard InChI is InChI=1S/C29H34Cl2N4O6/c1-14(2)29(40)41-13-24(36)22(8-15-6-7-32-26(15)37)34-27(38)25-18-5-3-4-16(18)12-35(25)28(39)23-11-19-20(31)9-17(30)10-21(19)33-23/h9-11,14-16,18,22,25,33H,3-8,12-13H2,1-2H3,(H,32,37)(H,34,38)/t15-,16-,18-,22-,25-/m0/s1. The number of fused-ring (bicyclic) bond motifs is 2. The van der Waals surface area contributed by atoms with Crippen LogP contribution in [0.25, 0.3) is 10.9 Å². The molecule has 5 atom stereocenters. The molecule has 1 saturated carbocycles. The molecule has 2 aromatic rings. The topological polar surface area (TPSA) is 138 Å². The Bertz CT molecular complexity index is 1390. The van der Waals surface area contributed by atoms with E-state index in [1.54, 1.807) is 36.9 Å². The number of benzene rings is 1. The Balaban J connectivity index is 1.38. The first-order valence-electron chi connectivity index (χ1n) is 14.1. The number of halogens is 2. The molecule has 3 N–H and O–H groups in total. The highest BCUT2D eigenvalue weighted by Gasteiger charge is 2.50. The van der Waals surface area contributed by atoms with Gasteiger partial charge in [-0.2, -0.15) is 0 Å². The Morgan fingerprint density at radius 2 is 1.90 bits per heavy atom. The number of H-pyrrole nitrogens is 1. The number of ether oxygens (including phenoxy) is 1. The number of carbonyl (C=O) groups is 5. The van der Waals surface area contributed by atoms with Crippen LogP contribution < -0.4 is 10.6 Å². The van der Waals surface area contributed by atoms with Gasteiger partial charge in [0.2, 0.25) is 11.8 Å². The molecule has 220 valence electrons. The predicted molar refractivity (Wildman–Crippen MR) is 152 cm³/mol. The van der Waals surface area contributed by atoms with Gasteiger partial charge in [0.15, 0.2) is 12.4 Å². The second kappa shape index (κ2) is 12.0. The van der Waals surface area contributed by atoms with Gasteiger partial charge in [-0.25, -0.2) is 0 Å². The van der Waals surface area contributed by atoms with Gasteiger partial charge in [-0.05, 0) is 55.7 Å². The van der Waals surface area contributed by atoms with Gasteiger partial charge in [0.25, 0.3) is 5.91 Å². The summed E-state index contributed by atoms with van der Waals surface area (Å²) >= 11 is 12.5. The normalized spacial score (nSPS) is 24.4. The summed E-state index contributed by atoms with van der Waals surface area (Å²) in [6.45, 7) is 3.73. The number of likely N-dealkylation sites (tertiary alicyclic amines) is 1. The van der Waals surface area contributed by atoms with Gasteiger partial charge in [0.1, 0.15) is 11.7 Å². The van der Waals surface area contributed by atoms with Crippen LogP contribution in [0.4, 0.5) is 0 Å². The molecule has 12 heteroatoms. The number of rotatable bonds is 9. The Kier molecular flexibility index (Phi) is 8.61. The van der Waals surface area contributed by atoms with Gasteiger partial charge in [0.05, 0.1) is 17.0 Å². The fourth-order valence-electron chi connectivity index (χ4n) is 6.37. The van der Waals surface area contributed by atoms with E-state index in [4.69, 9.17) is 27.9 Å². The van der Waals surface area contributed by atoms with Gasteiger partial charge in [0, 0.05) is 34.9 Å². The molecular weight excluding hydrogens is 571 g/mol. The van der Waals surface area contributed by atoms with E-state index in [0.29, 0.717) is 40.5 Å². The fourth-order valence-corrected chi connectivity index (χ4v) is 6.92. The number of Topliss-reactive ketones (excluding diaryl/α,β-unsaturated/α-hetero) is 1. The maximum absolute atomic E-state index is 13.9. The lowest BCUT2D eigenvalue weighted by molar-refractivity contribution is -0.151. The first-order valence-corrected chi connectivity index (χ1v) is 14.8. The Labute approximate surface area is 247 Å². The van der Waals surface area contributed by atoms with Crippen LogP contribution in [0.2, 0.25) is 10.0 Å². The summed E-state index contributed by atoms with van der Waals surface area (Å²) in [5, 5.41) is 7.09. The van der Waals surface area contributed by atoms with Gasteiger partial charge in [-0.3, -0.25) is 24.0 Å². The average molecular weight is 606 g/mol. The van der Waals surface area contributed by atoms with Gasteiger partial charge < -0.3 is 25.3 Å². The lowest BCUT2D eigenvalue weighted by atomic mass is 9.92. The molecule has 0 radical (unpaired) electrons. The van der Waals surface area contributed by atoms with E-state index >= 15 is 0 Å². The van der Waals surface area contributed by atoms with Crippen molar-refractivity contribution in [2.45, 2.75) is 58.0 Å². The van der Waals surface area contributed by atoms with Crippen LogP contribution in [0, 0.1) is 23.7 Å². The van der Waals surface area contributed by atoms with E-state index in [-0.39, 0.29) is 35.8 Å². The quantitative estimate of drug-likeness (QED) is 0.375. The van der Waals surface area contributed by atoms with E-state index in [2.05, 4.69) is 15.6 Å². The van der Waals surface area contributed by atoms with E-state index in [0.717, 1.165) is 19.3 Å². The highest BCUT2D eigenvalue weighted by Crippen LogP contribution is 2.43. The largest absolute Gasteiger partial charge is 0.457 e. The van der Waals surface area contributed by atoms with E-state index in [1.165, 1.54) is 0 Å². The number of nitrogens with zero attached hydrogens (tertiary/aromatic N) is 1. The van der Waals surface area contributed by atoms with Gasteiger partial charge in [-0.1, -0.05) is 43.5 Å². The molecule has 1 aromatic carbocycles. The zero-order chi connectivity index (χ0) is 29.4. The van der Waals surface area contributed by atoms with Crippen molar-refractivity contribution < 1.29 is 28.7 Å². The number of esters is 1. The Morgan fingerprint density at radius 1 is 1.12 bits per heavy atom. The molecule has 0 bridgehead atoms. The van der Waals surface area contributed by atoms with Gasteiger partial charge in [-0.15, -0.1) is 0 Å². The van der Waals surface area contributed by atoms with Crippen molar-refractivity contribution in [1.29, 1.82) is 0 Å². The molecular formula is C29H34Cl2N4O6. The summed E-state index contributed by atoms with van der Waals surface area (Å²) < 4.78 is 5.15. The number of aromatic amines is 1. The molecule has 0 unspecified atom stereocenters. The summed E-state index contributed by atoms with van der Waals surface area (Å²) in [4.78, 5) is 69.9. The minimum Gasteiger partial charge on any atom is -0.457 e. The van der Waals surface area contributed by atoms with Crippen LogP contribution in [0.1, 0.15) is 56.4 Å². The smallest absolute Gasteiger partial charge is 0.308 e. The van der Waals surface area contributed by atoms with E-state index in [9.17, 15) is 24.0 Å². The van der Waals surface area contributed by atoms with Crippen molar-refractivity contribution in [3.8, 4) is 0 Å². The number of amides is 3. The third-order valence-electron chi connectivity index (χ3n) is 8.52. The Morgan fingerprint density at radius 3 is 2.61 bits per heavy atom. The third-order valence-corrected chi connectivity index (χ3v) is 9.05. The van der Waals surface area contributed by atoms with E-state index < -0.39 is 48.2 Å². The summed E-state index contributed by atoms with van der Waals surface area (Å²) in [6.07, 6.45) is 3.28. The number of nitrogens with one attached hydrogen (secondary N) is 3. The first kappa shape index (κ1) is 29.4. The number of hydrogen-bond donors (Lipinski definition) is 3. The van der Waals surface area contributed by atoms with Crippen LogP contribution in [0.5, 0.6) is 0 Å². The van der Waals surface area contributed by atoms with Crippen LogP contribution in [0.3, 0.4) is 0 Å². The van der Waals surface area contributed by atoms with Crippen LogP contribution >= 0.6 is 23.2 Å². The molecule has 3 heterocycles. The highest BCUT2D eigenvalue weighted by molar-refractivity contribution is 6.38. The van der Waals surface area contributed by atoms with E-state index in [1.807, 2.05) is 0 Å². The van der Waals surface area contributed by atoms with Crippen molar-refractivity contribution in [3.05, 3.63) is 33.9 Å². The molecule has 3 aliphatic rings. The third kappa shape index (κ3) is 6.09. The lowest BCUT2D eigenvalue weighted by Gasteiger charge is -2.29. The lowest BCUT2D eigenvalue weighted by Crippen LogP contribution is -2.54. The monoisotopic (exact) mass is 604 g/mol. The van der Waals surface area contributed by atoms with Crippen LogP contribution in [-0.4, -0.2) is 71.1 Å². The van der Waals surface area contributed by atoms with Gasteiger partial charge >= 0.3 is 5.97 Å². The average Bonchev–Trinajstić information content (AvgIpc) is 3.70. The fraction of sp³-hybridized carbons (Fsp3) is 0.552. The highest BCUT2D eigenvalue weighted by atomic mass is 35.5. The van der Waals surface area contributed by atoms with Crippen molar-refractivity contribution in [2.75, 3.05) is 19.7 Å². The van der Waals surface area contributed by atoms with Crippen LogP contribution in [-0.2, 0) is 23.9 Å². The minimum atomic E-state index is -1.04. The molecule has 3 amide bonds. The SMILES string of the molecule is CC(C)C(=O)OCC(=O)[C@H](C[C@@H]1CCNC1=O)NC(=O)[C@@H]1[C@H]2CCC[C@H]2CN1C(=O)c1cc2c(Cl)cc(Cl)cc2[nH]1. The second-order valence-corrected chi connectivity index (χ2v) is 12.4. The summed E-state index contributed by atoms with van der Waals surface area (Å²) in [5.41, 5.74) is 0.903. The zero-order valence-electron chi connectivity index (χ0n) is 23.0. The van der Waals surface area contributed by atoms with Crippen molar-refractivity contribution in [1.82, 2.24) is 20.5 Å². The molecule has 3 fully saturated rings. The molecule has 1 aromatic heterocycles. The first-order chi connectivity index (χ1) is 19.5. The maximum Gasteiger partial charge on any atom is 0.308 e. The van der Waals surface area contributed by atoms with Crippen LogP contribution in [0.15, 0.2) is 18.2 Å². The molecule has 41 heavy (non-hydrogen) atoms. The molecule has 0 spiro atoms. The molecule has 2 aliphatic heterocycles. The zero-order valence-corrected chi connectivity index (χ0v) is 24.5. The van der Waals surface area contributed by atoms with Crippen molar-refractivity contribution >= 4 is 63.6 Å². The summed E-state index contributed by atoms with van der Waals surface area (Å²) in [7, 11) is 0. The number of aromatic nitrogens is 1. The minimum absolute atomic E-state index is 0.0503. The Hall–Kier alpha value is -3.11. The summed E-state index contributed by atoms with van der Waals surface area (Å²) in [6, 6.07) is 3.12. The van der Waals surface area contributed by atoms with Crippen molar-refractivity contribution in [3.63, 3.8) is 0 Å². The molecule has 2 saturated heterocycles. The molecule has 10 nitrogen and oxygen atoms in total. The van der Waals surface area contributed by atoms with Crippen molar-refractivity contribution in [2.24, 2.45) is 23.7 Å². The molecule has 1 aliphatic carbocycles. The maximum atomic E-state index is 13.9. The number of ketones is 1. The second-order valence-electron chi connectivity index (χ2n) is 11.6. The number of hydrogen-bond acceptors (Lipinski definition) is 6.